The third-order valence-electron chi connectivity index (χ3n) is 4.44. The van der Waals surface area contributed by atoms with E-state index in [-0.39, 0.29) is 23.3 Å². The average molecular weight is 295 g/mol. The first-order valence-electron chi connectivity index (χ1n) is 7.09. The van der Waals surface area contributed by atoms with Gasteiger partial charge in [-0.2, -0.15) is 0 Å². The Hall–Kier alpha value is -2.76. The van der Waals surface area contributed by atoms with Crippen LogP contribution in [0.2, 0.25) is 0 Å². The molecule has 1 aromatic carbocycles. The van der Waals surface area contributed by atoms with E-state index < -0.39 is 5.97 Å². The van der Waals surface area contributed by atoms with Crippen molar-refractivity contribution < 1.29 is 14.7 Å². The summed E-state index contributed by atoms with van der Waals surface area (Å²) >= 11 is 0. The number of benzene rings is 1. The lowest BCUT2D eigenvalue weighted by atomic mass is 10.1. The normalized spacial score (nSPS) is 24.3. The Balaban J connectivity index is 1.45. The van der Waals surface area contributed by atoms with Crippen molar-refractivity contribution in [2.24, 2.45) is 5.92 Å². The quantitative estimate of drug-likeness (QED) is 0.889. The average Bonchev–Trinajstić information content (AvgIpc) is 3.04. The minimum absolute atomic E-state index is 0.142. The predicted molar refractivity (Wildman–Crippen MR) is 76.6 cm³/mol. The maximum atomic E-state index is 12.2. The second kappa shape index (κ2) is 4.62. The molecule has 0 spiro atoms. The summed E-state index contributed by atoms with van der Waals surface area (Å²) < 4.78 is 0. The third kappa shape index (κ3) is 1.95. The lowest BCUT2D eigenvalue weighted by Gasteiger charge is -2.09. The van der Waals surface area contributed by atoms with Crippen LogP contribution in [0.1, 0.15) is 38.0 Å². The summed E-state index contributed by atoms with van der Waals surface area (Å²) in [5.41, 5.74) is 2.66. The number of hydrogen-bond acceptors (Lipinski definition) is 4. The van der Waals surface area contributed by atoms with Crippen LogP contribution in [0.3, 0.4) is 0 Å². The van der Waals surface area contributed by atoms with Gasteiger partial charge in [-0.15, -0.1) is 0 Å². The number of aromatic carboxylic acids is 1. The van der Waals surface area contributed by atoms with Gasteiger partial charge in [-0.25, -0.2) is 14.8 Å². The molecule has 2 N–H and O–H groups in total. The van der Waals surface area contributed by atoms with Crippen molar-refractivity contribution in [1.82, 2.24) is 15.3 Å². The zero-order valence-corrected chi connectivity index (χ0v) is 11.6. The number of carboxylic acid groups (broad SMARTS) is 1. The molecule has 1 fully saturated rings. The van der Waals surface area contributed by atoms with Crippen molar-refractivity contribution in [3.63, 3.8) is 0 Å². The van der Waals surface area contributed by atoms with E-state index in [0.717, 1.165) is 12.6 Å². The monoisotopic (exact) mass is 295 g/mol. The minimum Gasteiger partial charge on any atom is -0.476 e. The fourth-order valence-electron chi connectivity index (χ4n) is 3.33. The molecular weight excluding hydrogens is 282 g/mol. The van der Waals surface area contributed by atoms with Gasteiger partial charge in [-0.3, -0.25) is 4.79 Å². The molecule has 4 rings (SSSR count). The first kappa shape index (κ1) is 12.9. The number of nitrogens with one attached hydrogen (secondary N) is 1. The number of carboxylic acids is 1. The number of hydrogen-bond donors (Lipinski definition) is 2. The summed E-state index contributed by atoms with van der Waals surface area (Å²) in [4.78, 5) is 30.5. The highest BCUT2D eigenvalue weighted by Gasteiger charge is 2.56. The number of carbonyl (C=O) groups is 2. The predicted octanol–water partition coefficient (Wildman–Crippen LogP) is 1.24. The van der Waals surface area contributed by atoms with Crippen LogP contribution in [0.4, 0.5) is 0 Å². The van der Waals surface area contributed by atoms with Crippen LogP contribution in [0.5, 0.6) is 0 Å². The molecule has 0 radical (unpaired) electrons. The Morgan fingerprint density at radius 3 is 2.59 bits per heavy atom. The summed E-state index contributed by atoms with van der Waals surface area (Å²) in [6.45, 7) is 0. The number of aromatic nitrogens is 2. The van der Waals surface area contributed by atoms with Gasteiger partial charge in [-0.05, 0) is 23.5 Å². The van der Waals surface area contributed by atoms with E-state index in [1.165, 1.54) is 17.3 Å². The molecule has 110 valence electrons. The van der Waals surface area contributed by atoms with Crippen LogP contribution in [-0.2, 0) is 6.42 Å². The van der Waals surface area contributed by atoms with E-state index in [4.69, 9.17) is 5.11 Å². The SMILES string of the molecule is O=C(O)c1cnc(C(=O)NC2C3Cc4ccccc4C32)cn1. The van der Waals surface area contributed by atoms with Gasteiger partial charge in [0, 0.05) is 12.0 Å². The van der Waals surface area contributed by atoms with Gasteiger partial charge >= 0.3 is 5.97 Å². The standard InChI is InChI=1S/C16H13N3O3/c20-15(11-6-18-12(7-17-11)16(21)22)19-14-10-5-8-3-1-2-4-9(8)13(10)14/h1-4,6-7,10,13-14H,5H2,(H,19,20)(H,21,22). The van der Waals surface area contributed by atoms with E-state index in [1.807, 2.05) is 12.1 Å². The van der Waals surface area contributed by atoms with Crippen molar-refractivity contribution in [3.05, 3.63) is 59.2 Å². The van der Waals surface area contributed by atoms with Gasteiger partial charge in [0.25, 0.3) is 5.91 Å². The Morgan fingerprint density at radius 1 is 1.14 bits per heavy atom. The Labute approximate surface area is 126 Å². The van der Waals surface area contributed by atoms with Crippen LogP contribution in [0.15, 0.2) is 36.7 Å². The summed E-state index contributed by atoms with van der Waals surface area (Å²) in [5.74, 6) is -0.604. The molecule has 2 aliphatic carbocycles. The van der Waals surface area contributed by atoms with Gasteiger partial charge in [0.2, 0.25) is 0 Å². The van der Waals surface area contributed by atoms with Crippen LogP contribution in [0, 0.1) is 5.92 Å². The van der Waals surface area contributed by atoms with Gasteiger partial charge in [0.15, 0.2) is 5.69 Å². The van der Waals surface area contributed by atoms with E-state index in [9.17, 15) is 9.59 Å². The molecule has 1 heterocycles. The largest absolute Gasteiger partial charge is 0.476 e. The maximum absolute atomic E-state index is 12.2. The zero-order chi connectivity index (χ0) is 15.3. The highest BCUT2D eigenvalue weighted by Crippen LogP contribution is 2.56. The first-order valence-corrected chi connectivity index (χ1v) is 7.09. The number of nitrogens with zero attached hydrogens (tertiary/aromatic N) is 2. The van der Waals surface area contributed by atoms with Crippen molar-refractivity contribution in [2.75, 3.05) is 0 Å². The Kier molecular flexibility index (Phi) is 2.72. The second-order valence-electron chi connectivity index (χ2n) is 5.68. The number of fused-ring (bicyclic) bond motifs is 3. The molecule has 2 aliphatic rings. The van der Waals surface area contributed by atoms with Crippen LogP contribution in [0.25, 0.3) is 0 Å². The van der Waals surface area contributed by atoms with E-state index in [2.05, 4.69) is 27.4 Å². The van der Waals surface area contributed by atoms with Crippen LogP contribution >= 0.6 is 0 Å². The Morgan fingerprint density at radius 2 is 1.86 bits per heavy atom. The summed E-state index contributed by atoms with van der Waals surface area (Å²) in [7, 11) is 0. The van der Waals surface area contributed by atoms with Crippen LogP contribution in [-0.4, -0.2) is 33.0 Å². The molecule has 3 atom stereocenters. The summed E-state index contributed by atoms with van der Waals surface area (Å²) in [6, 6.07) is 8.46. The molecule has 6 nitrogen and oxygen atoms in total. The molecule has 2 aromatic rings. The molecule has 3 unspecified atom stereocenters. The van der Waals surface area contributed by atoms with Gasteiger partial charge in [0.05, 0.1) is 12.4 Å². The molecule has 1 saturated carbocycles. The lowest BCUT2D eigenvalue weighted by molar-refractivity contribution is 0.0689. The fraction of sp³-hybridized carbons (Fsp3) is 0.250. The summed E-state index contributed by atoms with van der Waals surface area (Å²) in [5, 5.41) is 11.7. The highest BCUT2D eigenvalue weighted by molar-refractivity contribution is 5.93. The molecule has 0 bridgehead atoms. The second-order valence-corrected chi connectivity index (χ2v) is 5.68. The highest BCUT2D eigenvalue weighted by atomic mass is 16.4. The van der Waals surface area contributed by atoms with Gasteiger partial charge < -0.3 is 10.4 Å². The molecular formula is C16H13N3O3. The molecule has 6 heteroatoms. The van der Waals surface area contributed by atoms with E-state index >= 15 is 0 Å². The fourth-order valence-corrected chi connectivity index (χ4v) is 3.33. The smallest absolute Gasteiger partial charge is 0.356 e. The van der Waals surface area contributed by atoms with Crippen LogP contribution < -0.4 is 5.32 Å². The van der Waals surface area contributed by atoms with Crippen molar-refractivity contribution in [1.29, 1.82) is 0 Å². The molecule has 22 heavy (non-hydrogen) atoms. The van der Waals surface area contributed by atoms with Crippen molar-refractivity contribution in [2.45, 2.75) is 18.4 Å². The van der Waals surface area contributed by atoms with E-state index in [0.29, 0.717) is 11.8 Å². The zero-order valence-electron chi connectivity index (χ0n) is 11.6. The van der Waals surface area contributed by atoms with E-state index in [1.54, 1.807) is 0 Å². The first-order chi connectivity index (χ1) is 10.6. The number of rotatable bonds is 3. The molecule has 0 aliphatic heterocycles. The minimum atomic E-state index is -1.16. The van der Waals surface area contributed by atoms with Gasteiger partial charge in [-0.1, -0.05) is 24.3 Å². The summed E-state index contributed by atoms with van der Waals surface area (Å²) in [6.07, 6.45) is 3.29. The Bertz CT molecular complexity index is 772. The van der Waals surface area contributed by atoms with Crippen molar-refractivity contribution in [3.8, 4) is 0 Å². The molecule has 0 saturated heterocycles. The number of carbonyl (C=O) groups excluding carboxylic acids is 1. The van der Waals surface area contributed by atoms with Crippen molar-refractivity contribution >= 4 is 11.9 Å². The molecule has 1 aromatic heterocycles. The number of amides is 1. The molecule has 1 amide bonds. The third-order valence-corrected chi connectivity index (χ3v) is 4.44. The van der Waals surface area contributed by atoms with Gasteiger partial charge in [0.1, 0.15) is 5.69 Å². The topological polar surface area (TPSA) is 92.2 Å². The lowest BCUT2D eigenvalue weighted by Crippen LogP contribution is -2.29. The maximum Gasteiger partial charge on any atom is 0.356 e.